The molecule has 0 aliphatic rings. The molecule has 0 aromatic heterocycles. The van der Waals surface area contributed by atoms with E-state index in [1.54, 1.807) is 12.1 Å². The van der Waals surface area contributed by atoms with Crippen LogP contribution in [0.2, 0.25) is 0 Å². The Hall–Kier alpha value is -1.06. The zero-order valence-electron chi connectivity index (χ0n) is 14.1. The summed E-state index contributed by atoms with van der Waals surface area (Å²) >= 11 is 0. The fourth-order valence-electron chi connectivity index (χ4n) is 2.58. The van der Waals surface area contributed by atoms with Crippen molar-refractivity contribution < 1.29 is 5.11 Å². The normalized spacial score (nSPS) is 13.6. The highest BCUT2D eigenvalue weighted by molar-refractivity contribution is 5.25. The minimum atomic E-state index is 0.169. The Balaban J connectivity index is 2.55. The second-order valence-electron chi connectivity index (χ2n) is 6.89. The third-order valence-corrected chi connectivity index (χ3v) is 4.11. The van der Waals surface area contributed by atoms with Crippen LogP contribution < -0.4 is 5.73 Å². The molecular formula is C18H32N2O. The number of phenolic OH excluding ortho intramolecular Hbond substituents is 1. The van der Waals surface area contributed by atoms with Crippen molar-refractivity contribution in [1.82, 2.24) is 4.90 Å². The highest BCUT2D eigenvalue weighted by Gasteiger charge is 2.22. The standard InChI is InChI=1S/C18H32N2O/c1-5-12-20(14-18(3,4)13-19)15(2)6-7-16-8-10-17(21)11-9-16/h8-11,15,21H,5-7,12-14,19H2,1-4H3. The molecule has 0 fully saturated rings. The summed E-state index contributed by atoms with van der Waals surface area (Å²) in [6.45, 7) is 11.9. The average Bonchev–Trinajstić information content (AvgIpc) is 2.46. The lowest BCUT2D eigenvalue weighted by molar-refractivity contribution is 0.135. The first-order chi connectivity index (χ1) is 9.88. The molecule has 0 aliphatic carbocycles. The first-order valence-electron chi connectivity index (χ1n) is 8.10. The van der Waals surface area contributed by atoms with Gasteiger partial charge < -0.3 is 15.7 Å². The molecule has 1 aromatic carbocycles. The molecule has 0 amide bonds. The summed E-state index contributed by atoms with van der Waals surface area (Å²) in [5.41, 5.74) is 7.33. The lowest BCUT2D eigenvalue weighted by Crippen LogP contribution is -2.43. The molecule has 1 unspecified atom stereocenters. The summed E-state index contributed by atoms with van der Waals surface area (Å²) in [7, 11) is 0. The number of rotatable bonds is 9. The van der Waals surface area contributed by atoms with Crippen LogP contribution in [0.25, 0.3) is 0 Å². The minimum Gasteiger partial charge on any atom is -0.508 e. The van der Waals surface area contributed by atoms with Crippen molar-refractivity contribution >= 4 is 0 Å². The monoisotopic (exact) mass is 292 g/mol. The van der Waals surface area contributed by atoms with Crippen molar-refractivity contribution in [1.29, 1.82) is 0 Å². The molecule has 0 aliphatic heterocycles. The maximum Gasteiger partial charge on any atom is 0.115 e. The quantitative estimate of drug-likeness (QED) is 0.733. The number of aromatic hydroxyl groups is 1. The number of benzene rings is 1. The van der Waals surface area contributed by atoms with Gasteiger partial charge in [0.2, 0.25) is 0 Å². The second kappa shape index (κ2) is 8.40. The summed E-state index contributed by atoms with van der Waals surface area (Å²) in [4.78, 5) is 2.56. The van der Waals surface area contributed by atoms with E-state index >= 15 is 0 Å². The molecule has 3 N–H and O–H groups in total. The Bertz CT molecular complexity index is 400. The van der Waals surface area contributed by atoms with Crippen molar-refractivity contribution in [3.05, 3.63) is 29.8 Å². The van der Waals surface area contributed by atoms with Crippen LogP contribution in [-0.2, 0) is 6.42 Å². The van der Waals surface area contributed by atoms with Crippen LogP contribution in [0.1, 0.15) is 46.1 Å². The summed E-state index contributed by atoms with van der Waals surface area (Å²) in [6.07, 6.45) is 3.35. The van der Waals surface area contributed by atoms with Gasteiger partial charge in [-0.1, -0.05) is 32.9 Å². The van der Waals surface area contributed by atoms with E-state index in [-0.39, 0.29) is 5.41 Å². The lowest BCUT2D eigenvalue weighted by atomic mass is 9.92. The van der Waals surface area contributed by atoms with E-state index in [9.17, 15) is 5.11 Å². The van der Waals surface area contributed by atoms with Crippen molar-refractivity contribution in [3.8, 4) is 5.75 Å². The van der Waals surface area contributed by atoms with Crippen molar-refractivity contribution in [2.75, 3.05) is 19.6 Å². The van der Waals surface area contributed by atoms with Gasteiger partial charge in [0.15, 0.2) is 0 Å². The number of aryl methyl sites for hydroxylation is 1. The molecule has 0 radical (unpaired) electrons. The van der Waals surface area contributed by atoms with Gasteiger partial charge in [-0.25, -0.2) is 0 Å². The van der Waals surface area contributed by atoms with E-state index in [4.69, 9.17) is 5.73 Å². The number of nitrogens with two attached hydrogens (primary N) is 1. The fourth-order valence-corrected chi connectivity index (χ4v) is 2.58. The summed E-state index contributed by atoms with van der Waals surface area (Å²) in [5, 5.41) is 9.33. The van der Waals surface area contributed by atoms with Gasteiger partial charge in [-0.2, -0.15) is 0 Å². The topological polar surface area (TPSA) is 49.5 Å². The Morgan fingerprint density at radius 1 is 1.24 bits per heavy atom. The van der Waals surface area contributed by atoms with Crippen LogP contribution >= 0.6 is 0 Å². The number of phenols is 1. The second-order valence-corrected chi connectivity index (χ2v) is 6.89. The zero-order valence-corrected chi connectivity index (χ0v) is 14.1. The summed E-state index contributed by atoms with van der Waals surface area (Å²) < 4.78 is 0. The third kappa shape index (κ3) is 6.49. The molecule has 0 bridgehead atoms. The molecule has 0 spiro atoms. The highest BCUT2D eigenvalue weighted by atomic mass is 16.3. The van der Waals surface area contributed by atoms with Gasteiger partial charge in [0, 0.05) is 12.6 Å². The average molecular weight is 292 g/mol. The number of hydrogen-bond acceptors (Lipinski definition) is 3. The van der Waals surface area contributed by atoms with E-state index < -0.39 is 0 Å². The maximum atomic E-state index is 9.33. The molecule has 3 nitrogen and oxygen atoms in total. The zero-order chi connectivity index (χ0) is 15.9. The minimum absolute atomic E-state index is 0.169. The van der Waals surface area contributed by atoms with Crippen LogP contribution in [0.4, 0.5) is 0 Å². The van der Waals surface area contributed by atoms with Gasteiger partial charge in [0.1, 0.15) is 5.75 Å². The van der Waals surface area contributed by atoms with Crippen LogP contribution in [-0.4, -0.2) is 35.7 Å². The summed E-state index contributed by atoms with van der Waals surface area (Å²) in [5.74, 6) is 0.337. The molecule has 0 saturated carbocycles. The first-order valence-corrected chi connectivity index (χ1v) is 8.10. The van der Waals surface area contributed by atoms with Crippen LogP contribution in [0, 0.1) is 5.41 Å². The van der Waals surface area contributed by atoms with Gasteiger partial charge in [-0.15, -0.1) is 0 Å². The Morgan fingerprint density at radius 2 is 1.86 bits per heavy atom. The van der Waals surface area contributed by atoms with Gasteiger partial charge in [-0.3, -0.25) is 0 Å². The van der Waals surface area contributed by atoms with Crippen LogP contribution in [0.3, 0.4) is 0 Å². The van der Waals surface area contributed by atoms with Crippen LogP contribution in [0.15, 0.2) is 24.3 Å². The van der Waals surface area contributed by atoms with Gasteiger partial charge in [-0.05, 0) is 62.4 Å². The highest BCUT2D eigenvalue weighted by Crippen LogP contribution is 2.19. The third-order valence-electron chi connectivity index (χ3n) is 4.11. The molecule has 120 valence electrons. The number of hydrogen-bond donors (Lipinski definition) is 2. The first kappa shape index (κ1) is 18.0. The predicted octanol–water partition coefficient (Wildman–Crippen LogP) is 3.41. The Kier molecular flexibility index (Phi) is 7.20. The predicted molar refractivity (Wildman–Crippen MR) is 90.6 cm³/mol. The molecule has 1 aromatic rings. The lowest BCUT2D eigenvalue weighted by Gasteiger charge is -2.36. The largest absolute Gasteiger partial charge is 0.508 e. The molecule has 3 heteroatoms. The van der Waals surface area contributed by atoms with Gasteiger partial charge >= 0.3 is 0 Å². The van der Waals surface area contributed by atoms with E-state index in [1.807, 2.05) is 12.1 Å². The smallest absolute Gasteiger partial charge is 0.115 e. The van der Waals surface area contributed by atoms with E-state index in [2.05, 4.69) is 32.6 Å². The molecular weight excluding hydrogens is 260 g/mol. The van der Waals surface area contributed by atoms with Crippen molar-refractivity contribution in [3.63, 3.8) is 0 Å². The Morgan fingerprint density at radius 3 is 2.38 bits per heavy atom. The molecule has 1 atom stereocenters. The molecule has 1 rings (SSSR count). The number of nitrogens with zero attached hydrogens (tertiary/aromatic N) is 1. The van der Waals surface area contributed by atoms with Crippen molar-refractivity contribution in [2.24, 2.45) is 11.1 Å². The molecule has 21 heavy (non-hydrogen) atoms. The SMILES string of the molecule is CCCN(CC(C)(C)CN)C(C)CCc1ccc(O)cc1. The van der Waals surface area contributed by atoms with Gasteiger partial charge in [0.05, 0.1) is 0 Å². The maximum absolute atomic E-state index is 9.33. The van der Waals surface area contributed by atoms with E-state index in [0.717, 1.165) is 32.5 Å². The molecule has 0 heterocycles. The van der Waals surface area contributed by atoms with Crippen LogP contribution in [0.5, 0.6) is 5.75 Å². The van der Waals surface area contributed by atoms with Crippen molar-refractivity contribution in [2.45, 2.75) is 53.0 Å². The summed E-state index contributed by atoms with van der Waals surface area (Å²) in [6, 6.07) is 8.10. The van der Waals surface area contributed by atoms with Gasteiger partial charge in [0.25, 0.3) is 0 Å². The molecule has 0 saturated heterocycles. The van der Waals surface area contributed by atoms with E-state index in [1.165, 1.54) is 12.0 Å². The fraction of sp³-hybridized carbons (Fsp3) is 0.667. The Labute approximate surface area is 130 Å². The van der Waals surface area contributed by atoms with E-state index in [0.29, 0.717) is 11.8 Å².